The first kappa shape index (κ1) is 11.8. The standard InChI is InChI=1S/C12H12ClN3O/c1-2-4-8-7-10(17)16-12(15-8)11-9(13)5-3-6-14-11/h3,5-7H,2,4H2,1H3,(H,15,16,17). The van der Waals surface area contributed by atoms with Gasteiger partial charge in [0.1, 0.15) is 5.69 Å². The second kappa shape index (κ2) is 5.10. The van der Waals surface area contributed by atoms with Gasteiger partial charge < -0.3 is 4.98 Å². The highest BCUT2D eigenvalue weighted by Gasteiger charge is 2.08. The molecule has 0 atom stereocenters. The van der Waals surface area contributed by atoms with Crippen molar-refractivity contribution in [2.45, 2.75) is 19.8 Å². The smallest absolute Gasteiger partial charge is 0.251 e. The zero-order valence-corrected chi connectivity index (χ0v) is 10.2. The Morgan fingerprint density at radius 1 is 1.47 bits per heavy atom. The van der Waals surface area contributed by atoms with Gasteiger partial charge in [-0.15, -0.1) is 0 Å². The van der Waals surface area contributed by atoms with Gasteiger partial charge in [0.25, 0.3) is 5.56 Å². The average molecular weight is 250 g/mol. The number of H-pyrrole nitrogens is 1. The summed E-state index contributed by atoms with van der Waals surface area (Å²) < 4.78 is 0. The largest absolute Gasteiger partial charge is 0.305 e. The van der Waals surface area contributed by atoms with Crippen LogP contribution in [-0.4, -0.2) is 15.0 Å². The summed E-state index contributed by atoms with van der Waals surface area (Å²) in [6.45, 7) is 2.04. The van der Waals surface area contributed by atoms with E-state index in [1.807, 2.05) is 6.92 Å². The van der Waals surface area contributed by atoms with Gasteiger partial charge in [-0.2, -0.15) is 0 Å². The molecule has 88 valence electrons. The van der Waals surface area contributed by atoms with E-state index in [0.29, 0.717) is 16.5 Å². The Bertz CT molecular complexity index is 580. The predicted octanol–water partition coefficient (Wildman–Crippen LogP) is 2.44. The summed E-state index contributed by atoms with van der Waals surface area (Å²) in [5.41, 5.74) is 1.08. The van der Waals surface area contributed by atoms with Gasteiger partial charge in [-0.25, -0.2) is 4.98 Å². The van der Waals surface area contributed by atoms with Crippen molar-refractivity contribution < 1.29 is 0 Å². The first-order valence-corrected chi connectivity index (χ1v) is 5.79. The molecule has 2 aromatic heterocycles. The lowest BCUT2D eigenvalue weighted by Crippen LogP contribution is -2.11. The summed E-state index contributed by atoms with van der Waals surface area (Å²) in [5.74, 6) is 0.423. The van der Waals surface area contributed by atoms with Crippen molar-refractivity contribution in [1.29, 1.82) is 0 Å². The van der Waals surface area contributed by atoms with Crippen molar-refractivity contribution in [2.75, 3.05) is 0 Å². The fourth-order valence-electron chi connectivity index (χ4n) is 1.56. The number of aryl methyl sites for hydroxylation is 1. The summed E-state index contributed by atoms with van der Waals surface area (Å²) in [4.78, 5) is 22.6. The van der Waals surface area contributed by atoms with Crippen LogP contribution in [0.4, 0.5) is 0 Å². The van der Waals surface area contributed by atoms with Crippen LogP contribution in [0.2, 0.25) is 5.02 Å². The molecule has 0 spiro atoms. The molecule has 0 aliphatic carbocycles. The van der Waals surface area contributed by atoms with Crippen LogP contribution in [0.3, 0.4) is 0 Å². The van der Waals surface area contributed by atoms with E-state index in [1.165, 1.54) is 6.07 Å². The monoisotopic (exact) mass is 249 g/mol. The maximum atomic E-state index is 11.5. The second-order valence-corrected chi connectivity index (χ2v) is 4.08. The van der Waals surface area contributed by atoms with Crippen LogP contribution in [0.1, 0.15) is 19.0 Å². The zero-order valence-electron chi connectivity index (χ0n) is 9.40. The molecule has 0 saturated carbocycles. The zero-order chi connectivity index (χ0) is 12.3. The maximum absolute atomic E-state index is 11.5. The molecule has 0 unspecified atom stereocenters. The first-order valence-electron chi connectivity index (χ1n) is 5.42. The minimum atomic E-state index is -0.180. The highest BCUT2D eigenvalue weighted by atomic mass is 35.5. The molecule has 0 aromatic carbocycles. The number of hydrogen-bond acceptors (Lipinski definition) is 3. The lowest BCUT2D eigenvalue weighted by atomic mass is 10.2. The van der Waals surface area contributed by atoms with Gasteiger partial charge in [0.2, 0.25) is 0 Å². The van der Waals surface area contributed by atoms with Gasteiger partial charge in [0.15, 0.2) is 5.82 Å². The summed E-state index contributed by atoms with van der Waals surface area (Å²) in [7, 11) is 0. The quantitative estimate of drug-likeness (QED) is 0.909. The maximum Gasteiger partial charge on any atom is 0.251 e. The van der Waals surface area contributed by atoms with Gasteiger partial charge in [-0.1, -0.05) is 24.9 Å². The summed E-state index contributed by atoms with van der Waals surface area (Å²) >= 11 is 6.02. The third-order valence-corrected chi connectivity index (χ3v) is 2.59. The molecule has 0 fully saturated rings. The molecular formula is C12H12ClN3O. The van der Waals surface area contributed by atoms with Crippen LogP contribution in [0.5, 0.6) is 0 Å². The summed E-state index contributed by atoms with van der Waals surface area (Å²) in [6, 6.07) is 4.96. The van der Waals surface area contributed by atoms with Gasteiger partial charge in [-0.05, 0) is 18.6 Å². The van der Waals surface area contributed by atoms with Gasteiger partial charge >= 0.3 is 0 Å². The highest BCUT2D eigenvalue weighted by molar-refractivity contribution is 6.32. The molecule has 2 aromatic rings. The molecule has 5 heteroatoms. The molecule has 2 rings (SSSR count). The van der Waals surface area contributed by atoms with E-state index in [2.05, 4.69) is 15.0 Å². The van der Waals surface area contributed by atoms with E-state index in [9.17, 15) is 4.79 Å². The third kappa shape index (κ3) is 2.71. The Morgan fingerprint density at radius 2 is 2.29 bits per heavy atom. The van der Waals surface area contributed by atoms with E-state index < -0.39 is 0 Å². The number of nitrogens with one attached hydrogen (secondary N) is 1. The molecule has 1 N–H and O–H groups in total. The van der Waals surface area contributed by atoms with Crippen molar-refractivity contribution in [3.05, 3.63) is 45.5 Å². The number of hydrogen-bond donors (Lipinski definition) is 1. The minimum Gasteiger partial charge on any atom is -0.305 e. The molecule has 17 heavy (non-hydrogen) atoms. The lowest BCUT2D eigenvalue weighted by Gasteiger charge is -2.04. The number of halogens is 1. The Labute approximate surface area is 104 Å². The van der Waals surface area contributed by atoms with Crippen molar-refractivity contribution in [1.82, 2.24) is 15.0 Å². The van der Waals surface area contributed by atoms with Crippen LogP contribution >= 0.6 is 11.6 Å². The topological polar surface area (TPSA) is 58.6 Å². The van der Waals surface area contributed by atoms with Crippen LogP contribution in [0.15, 0.2) is 29.2 Å². The first-order chi connectivity index (χ1) is 8.20. The number of rotatable bonds is 3. The minimum absolute atomic E-state index is 0.180. The molecule has 0 amide bonds. The van der Waals surface area contributed by atoms with Crippen LogP contribution in [-0.2, 0) is 6.42 Å². The number of aromatic nitrogens is 3. The van der Waals surface area contributed by atoms with E-state index >= 15 is 0 Å². The Morgan fingerprint density at radius 3 is 3.00 bits per heavy atom. The number of aromatic amines is 1. The molecular weight excluding hydrogens is 238 g/mol. The number of nitrogens with zero attached hydrogens (tertiary/aromatic N) is 2. The van der Waals surface area contributed by atoms with E-state index in [4.69, 9.17) is 11.6 Å². The molecule has 0 radical (unpaired) electrons. The molecule has 4 nitrogen and oxygen atoms in total. The summed E-state index contributed by atoms with van der Waals surface area (Å²) in [5, 5.41) is 0.476. The molecule has 0 aliphatic rings. The van der Waals surface area contributed by atoms with Gasteiger partial charge in [0, 0.05) is 18.0 Å². The van der Waals surface area contributed by atoms with Crippen molar-refractivity contribution in [3.63, 3.8) is 0 Å². The van der Waals surface area contributed by atoms with E-state index in [0.717, 1.165) is 18.5 Å². The Hall–Kier alpha value is -1.68. The normalized spacial score (nSPS) is 10.5. The number of pyridine rings is 1. The molecule has 2 heterocycles. The van der Waals surface area contributed by atoms with E-state index in [-0.39, 0.29) is 5.56 Å². The van der Waals surface area contributed by atoms with Crippen LogP contribution in [0.25, 0.3) is 11.5 Å². The average Bonchev–Trinajstić information content (AvgIpc) is 2.29. The fraction of sp³-hybridized carbons (Fsp3) is 0.250. The SMILES string of the molecule is CCCc1cc(=O)[nH]c(-c2ncccc2Cl)n1. The third-order valence-electron chi connectivity index (χ3n) is 2.28. The Balaban J connectivity index is 2.52. The lowest BCUT2D eigenvalue weighted by molar-refractivity contribution is 0.868. The highest BCUT2D eigenvalue weighted by Crippen LogP contribution is 2.21. The molecule has 0 bridgehead atoms. The van der Waals surface area contributed by atoms with Gasteiger partial charge in [-0.3, -0.25) is 9.78 Å². The van der Waals surface area contributed by atoms with Crippen molar-refractivity contribution in [3.8, 4) is 11.5 Å². The molecule has 0 aliphatic heterocycles. The van der Waals surface area contributed by atoms with E-state index in [1.54, 1.807) is 18.3 Å². The fourth-order valence-corrected chi connectivity index (χ4v) is 1.78. The van der Waals surface area contributed by atoms with Crippen molar-refractivity contribution in [2.24, 2.45) is 0 Å². The van der Waals surface area contributed by atoms with Gasteiger partial charge in [0.05, 0.1) is 5.02 Å². The van der Waals surface area contributed by atoms with Crippen molar-refractivity contribution >= 4 is 11.6 Å². The molecule has 0 saturated heterocycles. The Kier molecular flexibility index (Phi) is 3.54. The predicted molar refractivity (Wildman–Crippen MR) is 67.1 cm³/mol. The second-order valence-electron chi connectivity index (χ2n) is 3.67. The van der Waals surface area contributed by atoms with Crippen LogP contribution < -0.4 is 5.56 Å². The van der Waals surface area contributed by atoms with Crippen LogP contribution in [0, 0.1) is 0 Å². The summed E-state index contributed by atoms with van der Waals surface area (Å²) in [6.07, 6.45) is 3.32.